The van der Waals surface area contributed by atoms with Crippen molar-refractivity contribution >= 4 is 23.3 Å². The summed E-state index contributed by atoms with van der Waals surface area (Å²) in [5.74, 6) is 1.30. The number of amides is 2. The maximum absolute atomic E-state index is 12.5. The fourth-order valence-electron chi connectivity index (χ4n) is 3.52. The van der Waals surface area contributed by atoms with Crippen LogP contribution in [-0.2, 0) is 9.59 Å². The molecule has 5 rings (SSSR count). The number of benzene rings is 2. The Morgan fingerprint density at radius 3 is 2.83 bits per heavy atom. The van der Waals surface area contributed by atoms with E-state index in [1.807, 2.05) is 31.2 Å². The predicted octanol–water partition coefficient (Wildman–Crippen LogP) is 3.11. The summed E-state index contributed by atoms with van der Waals surface area (Å²) in [6.07, 6.45) is 1.68. The van der Waals surface area contributed by atoms with Gasteiger partial charge >= 0.3 is 0 Å². The van der Waals surface area contributed by atoms with Crippen LogP contribution in [0.5, 0.6) is 11.5 Å². The minimum atomic E-state index is -0.696. The summed E-state index contributed by atoms with van der Waals surface area (Å²) in [6.45, 7) is 2.18. The van der Waals surface area contributed by atoms with Crippen molar-refractivity contribution < 1.29 is 19.1 Å². The second-order valence-electron chi connectivity index (χ2n) is 7.04. The zero-order chi connectivity index (χ0) is 20.0. The number of hydrogen-bond acceptors (Lipinski definition) is 5. The molecular formula is C21H18N4O4. The smallest absolute Gasteiger partial charge is 0.251 e. The molecule has 0 spiro atoms. The Kier molecular flexibility index (Phi) is 3.97. The third-order valence-electron chi connectivity index (χ3n) is 5.03. The lowest BCUT2D eigenvalue weighted by Crippen LogP contribution is -2.23. The summed E-state index contributed by atoms with van der Waals surface area (Å²) in [5.41, 5.74) is 3.53. The van der Waals surface area contributed by atoms with Crippen LogP contribution in [0.25, 0.3) is 11.1 Å². The average molecular weight is 390 g/mol. The Labute approximate surface area is 166 Å². The predicted molar refractivity (Wildman–Crippen MR) is 106 cm³/mol. The quantitative estimate of drug-likeness (QED) is 0.714. The van der Waals surface area contributed by atoms with Crippen LogP contribution in [0, 0.1) is 6.92 Å². The Morgan fingerprint density at radius 1 is 1.21 bits per heavy atom. The standard InChI is InChI=1S/C21H18N4O4/c1-12-2-4-13(5-3-12)15-10-22-25-16(21(27)24-20(15)25)9-19(26)23-14-6-7-17-18(8-14)29-11-28-17/h2-8,10,16H,9,11H2,1H3,(H,23,26)(H,24,27). The van der Waals surface area contributed by atoms with Crippen LogP contribution in [0.3, 0.4) is 0 Å². The number of carbonyl (C=O) groups is 2. The van der Waals surface area contributed by atoms with Gasteiger partial charge in [0.2, 0.25) is 12.7 Å². The summed E-state index contributed by atoms with van der Waals surface area (Å²) < 4.78 is 12.2. The second-order valence-corrected chi connectivity index (χ2v) is 7.04. The van der Waals surface area contributed by atoms with E-state index in [-0.39, 0.29) is 25.0 Å². The zero-order valence-electron chi connectivity index (χ0n) is 15.6. The van der Waals surface area contributed by atoms with Crippen LogP contribution in [0.4, 0.5) is 11.5 Å². The molecule has 1 aromatic heterocycles. The minimum Gasteiger partial charge on any atom is -0.454 e. The first-order valence-corrected chi connectivity index (χ1v) is 9.23. The Bertz CT molecular complexity index is 1120. The van der Waals surface area contributed by atoms with Gasteiger partial charge in [-0.15, -0.1) is 0 Å². The van der Waals surface area contributed by atoms with Crippen LogP contribution in [-0.4, -0.2) is 28.4 Å². The lowest BCUT2D eigenvalue weighted by Gasteiger charge is -2.10. The van der Waals surface area contributed by atoms with Crippen molar-refractivity contribution in [1.82, 2.24) is 9.78 Å². The van der Waals surface area contributed by atoms with Crippen LogP contribution in [0.15, 0.2) is 48.7 Å². The van der Waals surface area contributed by atoms with E-state index >= 15 is 0 Å². The fraction of sp³-hybridized carbons (Fsp3) is 0.190. The molecule has 0 saturated carbocycles. The van der Waals surface area contributed by atoms with Gasteiger partial charge in [-0.05, 0) is 24.6 Å². The highest BCUT2D eigenvalue weighted by atomic mass is 16.7. The number of nitrogens with one attached hydrogen (secondary N) is 2. The molecular weight excluding hydrogens is 372 g/mol. The number of fused-ring (bicyclic) bond motifs is 2. The number of carbonyl (C=O) groups excluding carboxylic acids is 2. The Balaban J connectivity index is 1.33. The molecule has 2 aromatic carbocycles. The van der Waals surface area contributed by atoms with E-state index in [0.29, 0.717) is 23.0 Å². The molecule has 2 aliphatic heterocycles. The second kappa shape index (κ2) is 6.66. The molecule has 2 N–H and O–H groups in total. The average Bonchev–Trinajstić information content (AvgIpc) is 3.39. The van der Waals surface area contributed by atoms with Gasteiger partial charge in [0.1, 0.15) is 11.9 Å². The molecule has 1 unspecified atom stereocenters. The number of hydrogen-bond donors (Lipinski definition) is 2. The Hall–Kier alpha value is -3.81. The highest BCUT2D eigenvalue weighted by Gasteiger charge is 2.35. The van der Waals surface area contributed by atoms with E-state index in [4.69, 9.17) is 9.47 Å². The van der Waals surface area contributed by atoms with Gasteiger partial charge in [-0.25, -0.2) is 4.68 Å². The summed E-state index contributed by atoms with van der Waals surface area (Å²) in [7, 11) is 0. The van der Waals surface area contributed by atoms with E-state index in [0.717, 1.165) is 16.7 Å². The van der Waals surface area contributed by atoms with E-state index < -0.39 is 6.04 Å². The molecule has 0 bridgehead atoms. The van der Waals surface area contributed by atoms with Crippen molar-refractivity contribution in [2.24, 2.45) is 0 Å². The largest absolute Gasteiger partial charge is 0.454 e. The normalized spacial score (nSPS) is 16.4. The van der Waals surface area contributed by atoms with E-state index in [9.17, 15) is 9.59 Å². The molecule has 2 amide bonds. The highest BCUT2D eigenvalue weighted by molar-refractivity contribution is 6.04. The molecule has 29 heavy (non-hydrogen) atoms. The summed E-state index contributed by atoms with van der Waals surface area (Å²) >= 11 is 0. The van der Waals surface area contributed by atoms with Crippen molar-refractivity contribution in [1.29, 1.82) is 0 Å². The van der Waals surface area contributed by atoms with Crippen molar-refractivity contribution in [2.75, 3.05) is 17.4 Å². The van der Waals surface area contributed by atoms with Crippen molar-refractivity contribution in [3.8, 4) is 22.6 Å². The number of aromatic nitrogens is 2. The van der Waals surface area contributed by atoms with Gasteiger partial charge in [0.25, 0.3) is 5.91 Å². The minimum absolute atomic E-state index is 0.0255. The molecule has 3 aromatic rings. The van der Waals surface area contributed by atoms with Gasteiger partial charge in [-0.2, -0.15) is 5.10 Å². The van der Waals surface area contributed by atoms with Crippen molar-refractivity contribution in [3.63, 3.8) is 0 Å². The monoisotopic (exact) mass is 390 g/mol. The molecule has 3 heterocycles. The third-order valence-corrected chi connectivity index (χ3v) is 5.03. The number of rotatable bonds is 4. The van der Waals surface area contributed by atoms with Crippen LogP contribution < -0.4 is 20.1 Å². The number of nitrogens with zero attached hydrogens (tertiary/aromatic N) is 2. The van der Waals surface area contributed by atoms with E-state index in [2.05, 4.69) is 15.7 Å². The van der Waals surface area contributed by atoms with Crippen LogP contribution >= 0.6 is 0 Å². The first kappa shape index (κ1) is 17.3. The molecule has 8 nitrogen and oxygen atoms in total. The molecule has 0 fully saturated rings. The maximum atomic E-state index is 12.5. The van der Waals surface area contributed by atoms with E-state index in [1.54, 1.807) is 29.1 Å². The van der Waals surface area contributed by atoms with Crippen molar-refractivity contribution in [2.45, 2.75) is 19.4 Å². The van der Waals surface area contributed by atoms with Gasteiger partial charge in [0.15, 0.2) is 11.5 Å². The van der Waals surface area contributed by atoms with E-state index in [1.165, 1.54) is 0 Å². The number of anilines is 2. The number of aryl methyl sites for hydroxylation is 1. The van der Waals surface area contributed by atoms with Gasteiger partial charge in [-0.1, -0.05) is 29.8 Å². The molecule has 0 saturated heterocycles. The fourth-order valence-corrected chi connectivity index (χ4v) is 3.52. The lowest BCUT2D eigenvalue weighted by molar-refractivity contribution is -0.123. The molecule has 8 heteroatoms. The SMILES string of the molecule is Cc1ccc(-c2cnn3c2NC(=O)C3CC(=O)Nc2ccc3c(c2)OCO3)cc1. The molecule has 0 aliphatic carbocycles. The van der Waals surface area contributed by atoms with Gasteiger partial charge in [0, 0.05) is 17.3 Å². The van der Waals surface area contributed by atoms with Crippen LogP contribution in [0.1, 0.15) is 18.0 Å². The first-order chi connectivity index (χ1) is 14.1. The molecule has 1 atom stereocenters. The Morgan fingerprint density at radius 2 is 2.00 bits per heavy atom. The topological polar surface area (TPSA) is 94.5 Å². The van der Waals surface area contributed by atoms with Crippen molar-refractivity contribution in [3.05, 3.63) is 54.2 Å². The summed E-state index contributed by atoms with van der Waals surface area (Å²) in [4.78, 5) is 25.0. The molecule has 146 valence electrons. The third kappa shape index (κ3) is 3.08. The number of ether oxygens (including phenoxy) is 2. The molecule has 2 aliphatic rings. The van der Waals surface area contributed by atoms with Gasteiger partial charge < -0.3 is 20.1 Å². The summed E-state index contributed by atoms with van der Waals surface area (Å²) in [5, 5.41) is 10.0. The molecule has 0 radical (unpaired) electrons. The summed E-state index contributed by atoms with van der Waals surface area (Å²) in [6, 6.07) is 12.5. The maximum Gasteiger partial charge on any atom is 0.251 e. The lowest BCUT2D eigenvalue weighted by atomic mass is 10.1. The zero-order valence-corrected chi connectivity index (χ0v) is 15.6. The van der Waals surface area contributed by atoms with Gasteiger partial charge in [0.05, 0.1) is 12.6 Å². The first-order valence-electron chi connectivity index (χ1n) is 9.23. The highest BCUT2D eigenvalue weighted by Crippen LogP contribution is 2.37. The van der Waals surface area contributed by atoms with Crippen LogP contribution in [0.2, 0.25) is 0 Å². The van der Waals surface area contributed by atoms with Gasteiger partial charge in [-0.3, -0.25) is 9.59 Å².